The van der Waals surface area contributed by atoms with Crippen molar-refractivity contribution in [2.75, 3.05) is 18.1 Å². The predicted molar refractivity (Wildman–Crippen MR) is 66.5 cm³/mol. The van der Waals surface area contributed by atoms with Gasteiger partial charge in [0.1, 0.15) is 0 Å². The van der Waals surface area contributed by atoms with Gasteiger partial charge in [-0.15, -0.1) is 0 Å². The first-order valence-electron chi connectivity index (χ1n) is 6.34. The van der Waals surface area contributed by atoms with E-state index in [1.54, 1.807) is 0 Å². The third kappa shape index (κ3) is 3.65. The van der Waals surface area contributed by atoms with E-state index in [-0.39, 0.29) is 0 Å². The van der Waals surface area contributed by atoms with Gasteiger partial charge in [0.2, 0.25) is 0 Å². The summed E-state index contributed by atoms with van der Waals surface area (Å²) in [6, 6.07) is 1.50. The number of nitrogens with one attached hydrogen (secondary N) is 1. The Bertz CT molecular complexity index is 182. The van der Waals surface area contributed by atoms with Crippen LogP contribution >= 0.6 is 11.8 Å². The smallest absolute Gasteiger partial charge is 0.0587 e. The van der Waals surface area contributed by atoms with Crippen LogP contribution in [0.5, 0.6) is 0 Å². The molecule has 2 saturated heterocycles. The molecule has 1 N–H and O–H groups in total. The minimum absolute atomic E-state index is 0.509. The van der Waals surface area contributed by atoms with Gasteiger partial charge in [0.15, 0.2) is 0 Å². The normalized spacial score (nSPS) is 34.2. The number of rotatable bonds is 3. The van der Waals surface area contributed by atoms with Crippen LogP contribution in [0.2, 0.25) is 0 Å². The molecule has 2 atom stereocenters. The van der Waals surface area contributed by atoms with E-state index in [1.807, 2.05) is 0 Å². The van der Waals surface area contributed by atoms with Gasteiger partial charge in [-0.1, -0.05) is 6.92 Å². The second kappa shape index (κ2) is 6.12. The van der Waals surface area contributed by atoms with Crippen molar-refractivity contribution in [1.29, 1.82) is 0 Å². The molecule has 0 spiro atoms. The Labute approximate surface area is 97.5 Å². The summed E-state index contributed by atoms with van der Waals surface area (Å²) in [7, 11) is 0. The van der Waals surface area contributed by atoms with E-state index in [0.717, 1.165) is 18.7 Å². The minimum atomic E-state index is 0.509. The summed E-state index contributed by atoms with van der Waals surface area (Å²) in [6.07, 6.45) is 6.82. The molecule has 2 unspecified atom stereocenters. The molecule has 3 heteroatoms. The van der Waals surface area contributed by atoms with Crippen LogP contribution in [-0.4, -0.2) is 36.3 Å². The highest BCUT2D eigenvalue weighted by Gasteiger charge is 2.24. The minimum Gasteiger partial charge on any atom is -0.378 e. The summed E-state index contributed by atoms with van der Waals surface area (Å²) in [5, 5.41) is 3.83. The number of ether oxygens (including phenoxy) is 1. The zero-order chi connectivity index (χ0) is 10.5. The van der Waals surface area contributed by atoms with Crippen molar-refractivity contribution in [3.63, 3.8) is 0 Å². The van der Waals surface area contributed by atoms with E-state index >= 15 is 0 Å². The Morgan fingerprint density at radius 1 is 1.20 bits per heavy atom. The van der Waals surface area contributed by atoms with Crippen LogP contribution in [0.4, 0.5) is 0 Å². The molecule has 0 aromatic rings. The average Bonchev–Trinajstić information content (AvgIpc) is 2.31. The molecule has 0 bridgehead atoms. The van der Waals surface area contributed by atoms with Crippen molar-refractivity contribution < 1.29 is 4.74 Å². The molecule has 15 heavy (non-hydrogen) atoms. The molecule has 2 aliphatic rings. The van der Waals surface area contributed by atoms with Crippen molar-refractivity contribution in [3.05, 3.63) is 0 Å². The van der Waals surface area contributed by atoms with Crippen LogP contribution in [0.3, 0.4) is 0 Å². The second-order valence-electron chi connectivity index (χ2n) is 4.68. The van der Waals surface area contributed by atoms with E-state index in [4.69, 9.17) is 4.74 Å². The average molecular weight is 229 g/mol. The molecule has 2 fully saturated rings. The molecule has 0 saturated carbocycles. The summed E-state index contributed by atoms with van der Waals surface area (Å²) in [5.74, 6) is 2.69. The fourth-order valence-electron chi connectivity index (χ4n) is 2.51. The zero-order valence-electron chi connectivity index (χ0n) is 9.71. The lowest BCUT2D eigenvalue weighted by Gasteiger charge is -2.34. The number of hydrogen-bond acceptors (Lipinski definition) is 3. The Morgan fingerprint density at radius 2 is 2.00 bits per heavy atom. The molecule has 0 aliphatic carbocycles. The standard InChI is InChI=1S/C12H23NOS/c1-2-12-9-11(3-6-14-12)13-10-4-7-15-8-5-10/h10-13H,2-9H2,1H3. The lowest BCUT2D eigenvalue weighted by molar-refractivity contribution is -0.00210. The molecular weight excluding hydrogens is 206 g/mol. The van der Waals surface area contributed by atoms with E-state index in [1.165, 1.54) is 43.6 Å². The van der Waals surface area contributed by atoms with Crippen LogP contribution in [0.1, 0.15) is 39.0 Å². The fraction of sp³-hybridized carbons (Fsp3) is 1.00. The Hall–Kier alpha value is 0.270. The maximum absolute atomic E-state index is 5.70. The largest absolute Gasteiger partial charge is 0.378 e. The van der Waals surface area contributed by atoms with Gasteiger partial charge in [0.25, 0.3) is 0 Å². The van der Waals surface area contributed by atoms with Crippen molar-refractivity contribution in [2.24, 2.45) is 0 Å². The van der Waals surface area contributed by atoms with Gasteiger partial charge in [0.05, 0.1) is 6.10 Å². The fourth-order valence-corrected chi connectivity index (χ4v) is 3.62. The van der Waals surface area contributed by atoms with Crippen LogP contribution in [0.15, 0.2) is 0 Å². The molecule has 0 amide bonds. The first-order chi connectivity index (χ1) is 7.38. The van der Waals surface area contributed by atoms with E-state index in [2.05, 4.69) is 24.0 Å². The third-order valence-corrected chi connectivity index (χ3v) is 4.56. The summed E-state index contributed by atoms with van der Waals surface area (Å²) in [4.78, 5) is 0. The second-order valence-corrected chi connectivity index (χ2v) is 5.90. The lowest BCUT2D eigenvalue weighted by Crippen LogP contribution is -2.45. The monoisotopic (exact) mass is 229 g/mol. The van der Waals surface area contributed by atoms with Gasteiger partial charge >= 0.3 is 0 Å². The van der Waals surface area contributed by atoms with Crippen molar-refractivity contribution in [3.8, 4) is 0 Å². The van der Waals surface area contributed by atoms with Gasteiger partial charge in [-0.3, -0.25) is 0 Å². The molecule has 0 aromatic carbocycles. The highest BCUT2D eigenvalue weighted by Crippen LogP contribution is 2.21. The van der Waals surface area contributed by atoms with Gasteiger partial charge in [-0.2, -0.15) is 11.8 Å². The zero-order valence-corrected chi connectivity index (χ0v) is 10.5. The van der Waals surface area contributed by atoms with Crippen LogP contribution in [0, 0.1) is 0 Å². The van der Waals surface area contributed by atoms with Crippen LogP contribution in [0.25, 0.3) is 0 Å². The Kier molecular flexibility index (Phi) is 4.79. The van der Waals surface area contributed by atoms with Crippen molar-refractivity contribution in [2.45, 2.75) is 57.2 Å². The molecular formula is C12H23NOS. The molecule has 0 radical (unpaired) electrons. The SMILES string of the molecule is CCC1CC(NC2CCSCC2)CCO1. The maximum Gasteiger partial charge on any atom is 0.0587 e. The Morgan fingerprint density at radius 3 is 2.73 bits per heavy atom. The number of hydrogen-bond donors (Lipinski definition) is 1. The summed E-state index contributed by atoms with van der Waals surface area (Å²) in [5.41, 5.74) is 0. The van der Waals surface area contributed by atoms with Gasteiger partial charge in [-0.25, -0.2) is 0 Å². The van der Waals surface area contributed by atoms with Gasteiger partial charge in [0, 0.05) is 18.7 Å². The van der Waals surface area contributed by atoms with E-state index in [9.17, 15) is 0 Å². The first-order valence-corrected chi connectivity index (χ1v) is 7.49. The highest BCUT2D eigenvalue weighted by atomic mass is 32.2. The molecule has 0 aromatic heterocycles. The van der Waals surface area contributed by atoms with Crippen LogP contribution < -0.4 is 5.32 Å². The first kappa shape index (κ1) is 11.7. The number of thioether (sulfide) groups is 1. The molecule has 2 heterocycles. The predicted octanol–water partition coefficient (Wildman–Crippen LogP) is 2.43. The summed E-state index contributed by atoms with van der Waals surface area (Å²) < 4.78 is 5.70. The van der Waals surface area contributed by atoms with Gasteiger partial charge < -0.3 is 10.1 Å². The lowest BCUT2D eigenvalue weighted by atomic mass is 9.99. The summed E-state index contributed by atoms with van der Waals surface area (Å²) in [6.45, 7) is 3.18. The summed E-state index contributed by atoms with van der Waals surface area (Å²) >= 11 is 2.10. The molecule has 2 aliphatic heterocycles. The quantitative estimate of drug-likeness (QED) is 0.803. The maximum atomic E-state index is 5.70. The molecule has 2 nitrogen and oxygen atoms in total. The molecule has 88 valence electrons. The van der Waals surface area contributed by atoms with Crippen LogP contribution in [-0.2, 0) is 4.74 Å². The van der Waals surface area contributed by atoms with E-state index in [0.29, 0.717) is 6.10 Å². The Balaban J connectivity index is 1.72. The highest BCUT2D eigenvalue weighted by molar-refractivity contribution is 7.99. The van der Waals surface area contributed by atoms with Gasteiger partial charge in [-0.05, 0) is 43.6 Å². The topological polar surface area (TPSA) is 21.3 Å². The molecule has 2 rings (SSSR count). The van der Waals surface area contributed by atoms with E-state index < -0.39 is 0 Å². The van der Waals surface area contributed by atoms with Crippen molar-refractivity contribution in [1.82, 2.24) is 5.32 Å². The van der Waals surface area contributed by atoms with Crippen molar-refractivity contribution >= 4 is 11.8 Å². The third-order valence-electron chi connectivity index (χ3n) is 3.52.